The molecule has 38 heavy (non-hydrogen) atoms. The van der Waals surface area contributed by atoms with Crippen LogP contribution in [0.25, 0.3) is 61.4 Å². The molecule has 0 fully saturated rings. The molecule has 5 aromatic carbocycles. The van der Waals surface area contributed by atoms with Crippen LogP contribution >= 0.6 is 11.6 Å². The lowest BCUT2D eigenvalue weighted by Gasteiger charge is -2.13. The van der Waals surface area contributed by atoms with Crippen molar-refractivity contribution in [1.29, 1.82) is 0 Å². The first kappa shape index (κ1) is 14.8. The predicted octanol–water partition coefficient (Wildman–Crippen LogP) is 8.62. The molecule has 0 bridgehead atoms. The highest BCUT2D eigenvalue weighted by Crippen LogP contribution is 2.35. The van der Waals surface area contributed by atoms with Gasteiger partial charge in [0.15, 0.2) is 11.6 Å². The van der Waals surface area contributed by atoms with Gasteiger partial charge in [0, 0.05) is 21.9 Å². The zero-order chi connectivity index (χ0) is 33.3. The number of aromatic nitrogens is 4. The Balaban J connectivity index is 1.45. The first-order valence-electron chi connectivity index (χ1n) is 16.2. The second-order valence-corrected chi connectivity index (χ2v) is 8.73. The number of hydrogen-bond donors (Lipinski definition) is 0. The van der Waals surface area contributed by atoms with E-state index in [0.29, 0.717) is 5.56 Å². The highest BCUT2D eigenvalue weighted by atomic mass is 35.5. The third-order valence-corrected chi connectivity index (χ3v) is 6.34. The Hall–Kier alpha value is -4.80. The average Bonchev–Trinajstić information content (AvgIpc) is 3.41. The van der Waals surface area contributed by atoms with Gasteiger partial charge in [-0.3, -0.25) is 0 Å². The van der Waals surface area contributed by atoms with Gasteiger partial charge >= 0.3 is 0 Å². The standard InChI is InChI=1S/C33H21ClN4/c34-33-36-31(24-20-18-23(19-21-24)22-10-2-1-3-11-22)35-32(37-33)27-14-6-9-17-30(27)38-28-15-7-4-12-25(28)26-13-5-8-16-29(26)38/h1-21H/i1D,2D,3D,10D,11D,18D,19D,20D,21D. The molecule has 0 aliphatic carbocycles. The predicted molar refractivity (Wildman–Crippen MR) is 155 cm³/mol. The van der Waals surface area contributed by atoms with Gasteiger partial charge in [0.2, 0.25) is 5.28 Å². The highest BCUT2D eigenvalue weighted by Gasteiger charge is 2.17. The quantitative estimate of drug-likeness (QED) is 0.234. The van der Waals surface area contributed by atoms with Gasteiger partial charge in [-0.1, -0.05) is 103 Å². The number of hydrogen-bond acceptors (Lipinski definition) is 3. The molecule has 5 heteroatoms. The fourth-order valence-corrected chi connectivity index (χ4v) is 4.71. The van der Waals surface area contributed by atoms with Crippen molar-refractivity contribution in [3.05, 3.63) is 132 Å². The Bertz CT molecular complexity index is 2330. The van der Waals surface area contributed by atoms with Crippen LogP contribution in [0.4, 0.5) is 0 Å². The molecule has 180 valence electrons. The van der Waals surface area contributed by atoms with Crippen LogP contribution in [0, 0.1) is 0 Å². The van der Waals surface area contributed by atoms with Crippen molar-refractivity contribution in [3.8, 4) is 39.6 Å². The van der Waals surface area contributed by atoms with Crippen molar-refractivity contribution in [2.45, 2.75) is 0 Å². The highest BCUT2D eigenvalue weighted by molar-refractivity contribution is 6.28. The molecule has 7 aromatic rings. The molecule has 0 aliphatic heterocycles. The fraction of sp³-hybridized carbons (Fsp3) is 0. The molecule has 7 rings (SSSR count). The Morgan fingerprint density at radius 2 is 1.11 bits per heavy atom. The van der Waals surface area contributed by atoms with Crippen LogP contribution in [0.3, 0.4) is 0 Å². The number of fused-ring (bicyclic) bond motifs is 3. The van der Waals surface area contributed by atoms with Crippen LogP contribution < -0.4 is 0 Å². The van der Waals surface area contributed by atoms with E-state index in [9.17, 15) is 0 Å². The van der Waals surface area contributed by atoms with Gasteiger partial charge in [-0.15, -0.1) is 0 Å². The van der Waals surface area contributed by atoms with E-state index >= 15 is 0 Å². The first-order chi connectivity index (χ1) is 22.5. The maximum absolute atomic E-state index is 8.84. The van der Waals surface area contributed by atoms with Crippen molar-refractivity contribution in [2.24, 2.45) is 0 Å². The van der Waals surface area contributed by atoms with Crippen LogP contribution in [0.2, 0.25) is 5.28 Å². The number of rotatable bonds is 4. The molecule has 0 N–H and O–H groups in total. The molecule has 0 spiro atoms. The largest absolute Gasteiger partial charge is 0.309 e. The molecule has 0 amide bonds. The Morgan fingerprint density at radius 3 is 1.82 bits per heavy atom. The van der Waals surface area contributed by atoms with Gasteiger partial charge in [0.25, 0.3) is 0 Å². The van der Waals surface area contributed by atoms with E-state index in [0.717, 1.165) is 27.5 Å². The van der Waals surface area contributed by atoms with E-state index in [2.05, 4.69) is 19.5 Å². The molecule has 0 atom stereocenters. The summed E-state index contributed by atoms with van der Waals surface area (Å²) in [5.74, 6) is -0.0920. The summed E-state index contributed by atoms with van der Waals surface area (Å²) in [7, 11) is 0. The molecule has 4 nitrogen and oxygen atoms in total. The smallest absolute Gasteiger partial charge is 0.226 e. The van der Waals surface area contributed by atoms with Gasteiger partial charge < -0.3 is 4.57 Å². The summed E-state index contributed by atoms with van der Waals surface area (Å²) in [6.45, 7) is 0. The minimum Gasteiger partial charge on any atom is -0.309 e. The topological polar surface area (TPSA) is 43.6 Å². The normalized spacial score (nSPS) is 14.6. The molecular weight excluding hydrogens is 488 g/mol. The number of halogens is 1. The van der Waals surface area contributed by atoms with E-state index in [-0.39, 0.29) is 22.5 Å². The molecular formula is C33H21ClN4. The van der Waals surface area contributed by atoms with Crippen LogP contribution in [-0.2, 0) is 0 Å². The van der Waals surface area contributed by atoms with Gasteiger partial charge in [-0.25, -0.2) is 4.98 Å². The number of benzene rings is 5. The van der Waals surface area contributed by atoms with E-state index in [1.54, 1.807) is 0 Å². The summed E-state index contributed by atoms with van der Waals surface area (Å²) in [4.78, 5) is 13.2. The zero-order valence-electron chi connectivity index (χ0n) is 28.6. The van der Waals surface area contributed by atoms with Gasteiger partial charge in [0.05, 0.1) is 29.1 Å². The summed E-state index contributed by atoms with van der Waals surface area (Å²) in [6.07, 6.45) is 0. The number of para-hydroxylation sites is 3. The fourth-order valence-electron chi connectivity index (χ4n) is 4.55. The summed E-state index contributed by atoms with van der Waals surface area (Å²) >= 11 is 6.43. The van der Waals surface area contributed by atoms with Crippen molar-refractivity contribution in [1.82, 2.24) is 19.5 Å². The van der Waals surface area contributed by atoms with Crippen LogP contribution in [0.5, 0.6) is 0 Å². The molecule has 0 unspecified atom stereocenters. The average molecular weight is 518 g/mol. The van der Waals surface area contributed by atoms with E-state index < -0.39 is 65.5 Å². The maximum Gasteiger partial charge on any atom is 0.226 e. The van der Waals surface area contributed by atoms with Crippen molar-refractivity contribution < 1.29 is 12.3 Å². The molecule has 0 saturated carbocycles. The summed E-state index contributed by atoms with van der Waals surface area (Å²) in [5.41, 5.74) is 2.04. The second-order valence-electron chi connectivity index (χ2n) is 8.39. The Kier molecular flexibility index (Phi) is 3.61. The third-order valence-electron chi connectivity index (χ3n) is 6.17. The summed E-state index contributed by atoms with van der Waals surface area (Å²) in [6, 6.07) is 17.8. The zero-order valence-corrected chi connectivity index (χ0v) is 20.4. The van der Waals surface area contributed by atoms with Crippen molar-refractivity contribution in [2.75, 3.05) is 0 Å². The lowest BCUT2D eigenvalue weighted by molar-refractivity contribution is 1.06. The number of nitrogens with zero attached hydrogens (tertiary/aromatic N) is 4. The van der Waals surface area contributed by atoms with Crippen molar-refractivity contribution >= 4 is 33.4 Å². The Labute approximate surface area is 237 Å². The maximum atomic E-state index is 8.84. The minimum absolute atomic E-state index is 0.129. The third kappa shape index (κ3) is 3.83. The molecule has 2 aromatic heterocycles. The lowest BCUT2D eigenvalue weighted by atomic mass is 10.0. The van der Waals surface area contributed by atoms with Gasteiger partial charge in [-0.2, -0.15) is 9.97 Å². The monoisotopic (exact) mass is 517 g/mol. The summed E-state index contributed by atoms with van der Waals surface area (Å²) < 4.78 is 77.9. The first-order valence-corrected chi connectivity index (χ1v) is 12.1. The molecule has 0 radical (unpaired) electrons. The van der Waals surface area contributed by atoms with Crippen LogP contribution in [0.1, 0.15) is 12.3 Å². The van der Waals surface area contributed by atoms with E-state index in [1.165, 1.54) is 0 Å². The van der Waals surface area contributed by atoms with Gasteiger partial charge in [0.1, 0.15) is 0 Å². The minimum atomic E-state index is -0.655. The van der Waals surface area contributed by atoms with Crippen molar-refractivity contribution in [3.63, 3.8) is 0 Å². The van der Waals surface area contributed by atoms with E-state index in [4.69, 9.17) is 23.9 Å². The SMILES string of the molecule is [2H]c1c([2H])c([2H])c(-c2c([2H])c([2H])c(-c3nc(Cl)nc(-c4ccccc4-n4c5ccccc5c5ccccc54)n3)c([2H])c2[2H])c([2H])c1[2H]. The Morgan fingerprint density at radius 1 is 0.553 bits per heavy atom. The van der Waals surface area contributed by atoms with Crippen LogP contribution in [-0.4, -0.2) is 19.5 Å². The summed E-state index contributed by atoms with van der Waals surface area (Å²) in [5, 5.41) is 1.86. The van der Waals surface area contributed by atoms with E-state index in [1.807, 2.05) is 72.8 Å². The molecule has 0 saturated heterocycles. The molecule has 2 heterocycles. The molecule has 0 aliphatic rings. The second kappa shape index (κ2) is 9.25. The lowest BCUT2D eigenvalue weighted by Crippen LogP contribution is -2.02. The van der Waals surface area contributed by atoms with Crippen LogP contribution in [0.15, 0.2) is 127 Å². The van der Waals surface area contributed by atoms with Gasteiger partial charge in [-0.05, 0) is 47.0 Å².